The number of primary amides is 2. The van der Waals surface area contributed by atoms with Crippen LogP contribution in [0.5, 0.6) is 5.75 Å². The molecule has 0 radical (unpaired) electrons. The Labute approximate surface area is 174 Å². The van der Waals surface area contributed by atoms with E-state index in [2.05, 4.69) is 0 Å². The molecule has 0 bridgehead atoms. The Morgan fingerprint density at radius 1 is 0.931 bits per heavy atom. The van der Waals surface area contributed by atoms with E-state index in [0.717, 1.165) is 16.7 Å². The first-order valence-corrected chi connectivity index (χ1v) is 10.1. The van der Waals surface area contributed by atoms with Crippen LogP contribution in [0.15, 0.2) is 12.1 Å². The molecule has 6 heteroatoms. The number of phenolic OH excluding ortho intramolecular Hbond substituents is 1. The van der Waals surface area contributed by atoms with Crippen molar-refractivity contribution in [3.63, 3.8) is 0 Å². The summed E-state index contributed by atoms with van der Waals surface area (Å²) in [6.07, 6.45) is 1.33. The molecule has 0 fully saturated rings. The summed E-state index contributed by atoms with van der Waals surface area (Å²) in [6.45, 7) is 12.2. The number of nitrogens with two attached hydrogens (primary N) is 2. The van der Waals surface area contributed by atoms with Crippen molar-refractivity contribution in [1.82, 2.24) is 0 Å². The number of hydrogen-bond donors (Lipinski definition) is 3. The van der Waals surface area contributed by atoms with Gasteiger partial charge in [-0.25, -0.2) is 0 Å². The van der Waals surface area contributed by atoms with Gasteiger partial charge in [-0.05, 0) is 46.8 Å². The smallest absolute Gasteiger partial charge is 0.227 e. The Bertz CT molecular complexity index is 735. The fourth-order valence-electron chi connectivity index (χ4n) is 3.37. The zero-order chi connectivity index (χ0) is 22.6. The topological polar surface area (TPSA) is 123 Å². The van der Waals surface area contributed by atoms with Crippen molar-refractivity contribution in [2.45, 2.75) is 84.5 Å². The van der Waals surface area contributed by atoms with Gasteiger partial charge in [0.1, 0.15) is 11.5 Å². The highest BCUT2D eigenvalue weighted by molar-refractivity contribution is 6.00. The zero-order valence-electron chi connectivity index (χ0n) is 18.6. The lowest BCUT2D eigenvalue weighted by Crippen LogP contribution is -2.31. The Morgan fingerprint density at radius 2 is 1.41 bits per heavy atom. The standard InChI is InChI=1S/C23H36N2O4/c1-22(2,3)16-12-14(13-17(20(16)28)23(4,5)6)10-11-18(26)15(21(25)29)8-7-9-19(24)27/h12-13,15,28H,7-11H2,1-6H3,(H2,24,27)(H2,25,29). The van der Waals surface area contributed by atoms with Gasteiger partial charge in [-0.15, -0.1) is 0 Å². The number of amides is 2. The minimum Gasteiger partial charge on any atom is -0.507 e. The molecule has 0 saturated heterocycles. The Balaban J connectivity index is 3.06. The molecule has 1 unspecified atom stereocenters. The summed E-state index contributed by atoms with van der Waals surface area (Å²) >= 11 is 0. The molecule has 0 aliphatic carbocycles. The van der Waals surface area contributed by atoms with Gasteiger partial charge >= 0.3 is 0 Å². The van der Waals surface area contributed by atoms with Crippen LogP contribution in [0.3, 0.4) is 0 Å². The van der Waals surface area contributed by atoms with Gasteiger partial charge in [0.05, 0.1) is 5.92 Å². The van der Waals surface area contributed by atoms with Gasteiger partial charge in [-0.1, -0.05) is 53.7 Å². The third-order valence-corrected chi connectivity index (χ3v) is 5.09. The molecular weight excluding hydrogens is 368 g/mol. The van der Waals surface area contributed by atoms with Crippen LogP contribution in [0.2, 0.25) is 0 Å². The summed E-state index contributed by atoms with van der Waals surface area (Å²) in [5.41, 5.74) is 12.6. The second-order valence-electron chi connectivity index (χ2n) is 9.82. The van der Waals surface area contributed by atoms with Gasteiger partial charge < -0.3 is 16.6 Å². The molecule has 162 valence electrons. The first-order chi connectivity index (χ1) is 13.1. The molecule has 1 aromatic carbocycles. The third kappa shape index (κ3) is 7.18. The number of phenols is 1. The molecule has 5 N–H and O–H groups in total. The summed E-state index contributed by atoms with van der Waals surface area (Å²) in [4.78, 5) is 35.2. The van der Waals surface area contributed by atoms with E-state index in [-0.39, 0.29) is 35.9 Å². The van der Waals surface area contributed by atoms with Crippen LogP contribution in [0.25, 0.3) is 0 Å². The first kappa shape index (κ1) is 24.7. The number of carbonyl (C=O) groups is 3. The van der Waals surface area contributed by atoms with Gasteiger partial charge in [-0.2, -0.15) is 0 Å². The molecule has 0 aliphatic heterocycles. The van der Waals surface area contributed by atoms with E-state index in [9.17, 15) is 19.5 Å². The first-order valence-electron chi connectivity index (χ1n) is 10.1. The molecule has 0 heterocycles. The van der Waals surface area contributed by atoms with E-state index < -0.39 is 17.7 Å². The molecule has 1 atom stereocenters. The van der Waals surface area contributed by atoms with Crippen LogP contribution in [-0.2, 0) is 31.6 Å². The largest absolute Gasteiger partial charge is 0.507 e. The van der Waals surface area contributed by atoms with Crippen LogP contribution in [0, 0.1) is 5.92 Å². The second kappa shape index (κ2) is 9.42. The molecule has 0 spiro atoms. The summed E-state index contributed by atoms with van der Waals surface area (Å²) in [5, 5.41) is 10.8. The fourth-order valence-corrected chi connectivity index (χ4v) is 3.37. The Hall–Kier alpha value is -2.37. The maximum Gasteiger partial charge on any atom is 0.227 e. The lowest BCUT2D eigenvalue weighted by molar-refractivity contribution is -0.133. The van der Waals surface area contributed by atoms with Gasteiger partial charge in [0.15, 0.2) is 0 Å². The van der Waals surface area contributed by atoms with Gasteiger partial charge in [0.25, 0.3) is 0 Å². The number of hydrogen-bond acceptors (Lipinski definition) is 4. The number of aromatic hydroxyl groups is 1. The summed E-state index contributed by atoms with van der Waals surface area (Å²) in [5.74, 6) is -1.98. The Kier molecular flexibility index (Phi) is 8.01. The average molecular weight is 405 g/mol. The lowest BCUT2D eigenvalue weighted by Gasteiger charge is -2.28. The van der Waals surface area contributed by atoms with E-state index in [0.29, 0.717) is 18.6 Å². The molecule has 2 amide bonds. The van der Waals surface area contributed by atoms with E-state index in [1.807, 2.05) is 53.7 Å². The van der Waals surface area contributed by atoms with Crippen LogP contribution < -0.4 is 11.5 Å². The maximum absolute atomic E-state index is 12.6. The summed E-state index contributed by atoms with van der Waals surface area (Å²) in [6, 6.07) is 3.87. The number of rotatable bonds is 9. The number of aryl methyl sites for hydroxylation is 1. The third-order valence-electron chi connectivity index (χ3n) is 5.09. The zero-order valence-corrected chi connectivity index (χ0v) is 18.6. The monoisotopic (exact) mass is 404 g/mol. The van der Waals surface area contributed by atoms with Crippen molar-refractivity contribution in [1.29, 1.82) is 0 Å². The molecular formula is C23H36N2O4. The predicted octanol–water partition coefficient (Wildman–Crippen LogP) is 3.25. The summed E-state index contributed by atoms with van der Waals surface area (Å²) in [7, 11) is 0. The number of benzene rings is 1. The molecule has 29 heavy (non-hydrogen) atoms. The molecule has 0 aromatic heterocycles. The van der Waals surface area contributed by atoms with E-state index in [1.54, 1.807) is 0 Å². The van der Waals surface area contributed by atoms with Crippen LogP contribution in [-0.4, -0.2) is 22.7 Å². The van der Waals surface area contributed by atoms with Crippen molar-refractivity contribution >= 4 is 17.6 Å². The van der Waals surface area contributed by atoms with Gasteiger partial charge in [0, 0.05) is 12.8 Å². The number of carbonyl (C=O) groups excluding carboxylic acids is 3. The maximum atomic E-state index is 12.6. The molecule has 6 nitrogen and oxygen atoms in total. The minimum absolute atomic E-state index is 0.124. The summed E-state index contributed by atoms with van der Waals surface area (Å²) < 4.78 is 0. The molecule has 0 aliphatic rings. The van der Waals surface area contributed by atoms with Crippen LogP contribution in [0.4, 0.5) is 0 Å². The lowest BCUT2D eigenvalue weighted by atomic mass is 9.78. The van der Waals surface area contributed by atoms with Crippen molar-refractivity contribution in [3.05, 3.63) is 28.8 Å². The average Bonchev–Trinajstić information content (AvgIpc) is 2.54. The van der Waals surface area contributed by atoms with E-state index in [1.165, 1.54) is 0 Å². The highest BCUT2D eigenvalue weighted by Gasteiger charge is 2.28. The quantitative estimate of drug-likeness (QED) is 0.547. The highest BCUT2D eigenvalue weighted by Crippen LogP contribution is 2.40. The molecule has 1 aromatic rings. The second-order valence-corrected chi connectivity index (χ2v) is 9.82. The predicted molar refractivity (Wildman–Crippen MR) is 115 cm³/mol. The number of ketones is 1. The van der Waals surface area contributed by atoms with Crippen LogP contribution >= 0.6 is 0 Å². The van der Waals surface area contributed by atoms with E-state index >= 15 is 0 Å². The van der Waals surface area contributed by atoms with Gasteiger partial charge in [-0.3, -0.25) is 14.4 Å². The SMILES string of the molecule is CC(C)(C)c1cc(CCC(=O)C(CCCC(N)=O)C(N)=O)cc(C(C)(C)C)c1O. The normalized spacial score (nSPS) is 13.2. The van der Waals surface area contributed by atoms with Gasteiger partial charge in [0.2, 0.25) is 11.8 Å². The minimum atomic E-state index is -0.907. The van der Waals surface area contributed by atoms with Crippen molar-refractivity contribution in [2.24, 2.45) is 17.4 Å². The Morgan fingerprint density at radius 3 is 1.79 bits per heavy atom. The highest BCUT2D eigenvalue weighted by atomic mass is 16.3. The van der Waals surface area contributed by atoms with Crippen molar-refractivity contribution < 1.29 is 19.5 Å². The fraction of sp³-hybridized carbons (Fsp3) is 0.609. The van der Waals surface area contributed by atoms with E-state index in [4.69, 9.17) is 11.5 Å². The molecule has 1 rings (SSSR count). The van der Waals surface area contributed by atoms with Crippen LogP contribution in [0.1, 0.15) is 83.9 Å². The molecule has 0 saturated carbocycles. The number of Topliss-reactive ketones (excluding diaryl/α,β-unsaturated/α-hetero) is 1. The van der Waals surface area contributed by atoms with Crippen molar-refractivity contribution in [3.8, 4) is 5.75 Å². The van der Waals surface area contributed by atoms with Crippen molar-refractivity contribution in [2.75, 3.05) is 0 Å².